The van der Waals surface area contributed by atoms with Crippen molar-refractivity contribution in [2.75, 3.05) is 11.9 Å². The average Bonchev–Trinajstić information content (AvgIpc) is 3.10. The van der Waals surface area contributed by atoms with Gasteiger partial charge < -0.3 is 10.1 Å². The highest BCUT2D eigenvalue weighted by Gasteiger charge is 2.13. The van der Waals surface area contributed by atoms with Crippen molar-refractivity contribution in [2.24, 2.45) is 0 Å². The molecule has 3 rings (SSSR count). The predicted molar refractivity (Wildman–Crippen MR) is 84.7 cm³/mol. The van der Waals surface area contributed by atoms with Crippen LogP contribution < -0.4 is 10.1 Å². The first kappa shape index (κ1) is 14.7. The fourth-order valence-electron chi connectivity index (χ4n) is 2.06. The number of nitrogens with one attached hydrogen (secondary N) is 1. The lowest BCUT2D eigenvalue weighted by Gasteiger charge is -2.10. The number of anilines is 1. The van der Waals surface area contributed by atoms with Gasteiger partial charge in [-0.2, -0.15) is 5.10 Å². The topological polar surface area (TPSA) is 81.9 Å². The maximum atomic E-state index is 12.4. The Morgan fingerprint density at radius 1 is 1.26 bits per heavy atom. The molecule has 0 atom stereocenters. The number of para-hydroxylation sites is 1. The Kier molecular flexibility index (Phi) is 4.28. The predicted octanol–water partition coefficient (Wildman–Crippen LogP) is 2.31. The molecule has 2 aromatic heterocycles. The second-order valence-corrected chi connectivity index (χ2v) is 4.60. The van der Waals surface area contributed by atoms with Crippen LogP contribution in [0.15, 0.2) is 55.1 Å². The molecule has 0 aliphatic rings. The summed E-state index contributed by atoms with van der Waals surface area (Å²) in [6.07, 6.45) is 4.79. The van der Waals surface area contributed by atoms with Crippen molar-refractivity contribution >= 4 is 11.7 Å². The van der Waals surface area contributed by atoms with E-state index in [1.165, 1.54) is 6.33 Å². The van der Waals surface area contributed by atoms with Gasteiger partial charge in [0, 0.05) is 18.5 Å². The van der Waals surface area contributed by atoms with Crippen LogP contribution >= 0.6 is 0 Å². The quantitative estimate of drug-likeness (QED) is 0.782. The van der Waals surface area contributed by atoms with E-state index in [9.17, 15) is 4.79 Å². The minimum atomic E-state index is -0.292. The Labute approximate surface area is 133 Å². The van der Waals surface area contributed by atoms with Gasteiger partial charge in [0.2, 0.25) is 0 Å². The Hall–Kier alpha value is -3.22. The third kappa shape index (κ3) is 3.34. The summed E-state index contributed by atoms with van der Waals surface area (Å²) in [7, 11) is 0. The Morgan fingerprint density at radius 3 is 2.91 bits per heavy atom. The third-order valence-electron chi connectivity index (χ3n) is 3.06. The monoisotopic (exact) mass is 309 g/mol. The van der Waals surface area contributed by atoms with E-state index in [4.69, 9.17) is 4.74 Å². The van der Waals surface area contributed by atoms with Crippen LogP contribution in [0.3, 0.4) is 0 Å². The molecule has 0 saturated carbocycles. The van der Waals surface area contributed by atoms with E-state index in [2.05, 4.69) is 20.4 Å². The van der Waals surface area contributed by atoms with Gasteiger partial charge >= 0.3 is 0 Å². The molecular weight excluding hydrogens is 294 g/mol. The molecule has 23 heavy (non-hydrogen) atoms. The zero-order valence-corrected chi connectivity index (χ0v) is 12.5. The number of benzene rings is 1. The molecule has 0 unspecified atom stereocenters. The minimum Gasteiger partial charge on any atom is -0.493 e. The number of hydrogen-bond acceptors (Lipinski definition) is 5. The number of aromatic nitrogens is 4. The van der Waals surface area contributed by atoms with Crippen LogP contribution in [0.5, 0.6) is 5.75 Å². The molecule has 0 saturated heterocycles. The van der Waals surface area contributed by atoms with E-state index in [1.807, 2.05) is 13.0 Å². The van der Waals surface area contributed by atoms with E-state index >= 15 is 0 Å². The van der Waals surface area contributed by atoms with Gasteiger partial charge in [0.25, 0.3) is 5.91 Å². The van der Waals surface area contributed by atoms with Crippen LogP contribution in [-0.4, -0.2) is 32.3 Å². The van der Waals surface area contributed by atoms with Crippen LogP contribution in [0.25, 0.3) is 5.82 Å². The fraction of sp³-hybridized carbons (Fsp3) is 0.125. The smallest absolute Gasteiger partial charge is 0.260 e. The van der Waals surface area contributed by atoms with Crippen molar-refractivity contribution in [3.05, 3.63) is 60.7 Å². The lowest BCUT2D eigenvalue weighted by molar-refractivity contribution is 0.102. The lowest BCUT2D eigenvalue weighted by atomic mass is 10.2. The molecule has 0 spiro atoms. The highest BCUT2D eigenvalue weighted by Crippen LogP contribution is 2.19. The molecule has 0 aliphatic heterocycles. The number of carbonyl (C=O) groups excluding carboxylic acids is 1. The van der Waals surface area contributed by atoms with Crippen LogP contribution in [0.2, 0.25) is 0 Å². The fourth-order valence-corrected chi connectivity index (χ4v) is 2.06. The number of hydrogen-bond donors (Lipinski definition) is 1. The van der Waals surface area contributed by atoms with Crippen LogP contribution in [-0.2, 0) is 0 Å². The van der Waals surface area contributed by atoms with Gasteiger partial charge in [-0.05, 0) is 25.1 Å². The van der Waals surface area contributed by atoms with Gasteiger partial charge in [0.1, 0.15) is 17.9 Å². The maximum Gasteiger partial charge on any atom is 0.260 e. The largest absolute Gasteiger partial charge is 0.493 e. The zero-order valence-electron chi connectivity index (χ0n) is 12.5. The zero-order chi connectivity index (χ0) is 16.1. The van der Waals surface area contributed by atoms with Gasteiger partial charge in [-0.3, -0.25) is 4.79 Å². The lowest BCUT2D eigenvalue weighted by Crippen LogP contribution is -2.15. The number of nitrogens with zero attached hydrogens (tertiary/aromatic N) is 4. The summed E-state index contributed by atoms with van der Waals surface area (Å²) < 4.78 is 7.06. The molecule has 1 aromatic carbocycles. The van der Waals surface area contributed by atoms with Gasteiger partial charge in [-0.15, -0.1) is 0 Å². The van der Waals surface area contributed by atoms with Crippen molar-refractivity contribution < 1.29 is 9.53 Å². The van der Waals surface area contributed by atoms with E-state index in [1.54, 1.807) is 47.4 Å². The molecule has 116 valence electrons. The Balaban J connectivity index is 1.82. The summed E-state index contributed by atoms with van der Waals surface area (Å²) in [6, 6.07) is 10.5. The normalized spacial score (nSPS) is 10.3. The van der Waals surface area contributed by atoms with Crippen LogP contribution in [0, 0.1) is 0 Å². The SMILES string of the molecule is CCOc1ccccc1C(=O)Nc1cc(-n2cccn2)ncn1. The molecule has 0 bridgehead atoms. The number of carbonyl (C=O) groups is 1. The minimum absolute atomic E-state index is 0.292. The molecular formula is C16H15N5O2. The Bertz CT molecular complexity index is 802. The first-order valence-electron chi connectivity index (χ1n) is 7.13. The molecule has 0 radical (unpaired) electrons. The molecule has 1 N–H and O–H groups in total. The molecule has 7 nitrogen and oxygen atoms in total. The second-order valence-electron chi connectivity index (χ2n) is 4.60. The molecule has 2 heterocycles. The average molecular weight is 309 g/mol. The second kappa shape index (κ2) is 6.69. The van der Waals surface area contributed by atoms with Gasteiger partial charge in [0.15, 0.2) is 5.82 Å². The van der Waals surface area contributed by atoms with Crippen molar-refractivity contribution in [2.45, 2.75) is 6.92 Å². The number of ether oxygens (including phenoxy) is 1. The molecule has 1 amide bonds. The van der Waals surface area contributed by atoms with E-state index in [-0.39, 0.29) is 5.91 Å². The van der Waals surface area contributed by atoms with Crippen molar-refractivity contribution in [1.29, 1.82) is 0 Å². The standard InChI is InChI=1S/C16H15N5O2/c1-2-23-13-7-4-3-6-12(13)16(22)20-14-10-15(18-11-17-14)21-9-5-8-19-21/h3-11H,2H2,1H3,(H,17,18,20,22). The first-order chi connectivity index (χ1) is 11.3. The summed E-state index contributed by atoms with van der Waals surface area (Å²) in [4.78, 5) is 20.6. The highest BCUT2D eigenvalue weighted by atomic mass is 16.5. The van der Waals surface area contributed by atoms with Crippen molar-refractivity contribution in [1.82, 2.24) is 19.7 Å². The van der Waals surface area contributed by atoms with E-state index in [0.29, 0.717) is 29.6 Å². The maximum absolute atomic E-state index is 12.4. The highest BCUT2D eigenvalue weighted by molar-refractivity contribution is 6.05. The number of rotatable bonds is 5. The molecule has 0 fully saturated rings. The Morgan fingerprint density at radius 2 is 2.13 bits per heavy atom. The summed E-state index contributed by atoms with van der Waals surface area (Å²) in [5, 5.41) is 6.85. The molecule has 3 aromatic rings. The van der Waals surface area contributed by atoms with Crippen molar-refractivity contribution in [3.8, 4) is 11.6 Å². The molecule has 0 aliphatic carbocycles. The summed E-state index contributed by atoms with van der Waals surface area (Å²) in [6.45, 7) is 2.36. The summed E-state index contributed by atoms with van der Waals surface area (Å²) in [5.74, 6) is 1.20. The van der Waals surface area contributed by atoms with E-state index < -0.39 is 0 Å². The summed E-state index contributed by atoms with van der Waals surface area (Å²) >= 11 is 0. The van der Waals surface area contributed by atoms with E-state index in [0.717, 1.165) is 0 Å². The summed E-state index contributed by atoms with van der Waals surface area (Å²) in [5.41, 5.74) is 0.452. The van der Waals surface area contributed by atoms with Gasteiger partial charge in [-0.1, -0.05) is 12.1 Å². The van der Waals surface area contributed by atoms with Crippen LogP contribution in [0.1, 0.15) is 17.3 Å². The van der Waals surface area contributed by atoms with Crippen LogP contribution in [0.4, 0.5) is 5.82 Å². The number of amides is 1. The first-order valence-corrected chi connectivity index (χ1v) is 7.13. The van der Waals surface area contributed by atoms with Crippen molar-refractivity contribution in [3.63, 3.8) is 0 Å². The van der Waals surface area contributed by atoms with Gasteiger partial charge in [-0.25, -0.2) is 14.6 Å². The third-order valence-corrected chi connectivity index (χ3v) is 3.06. The van der Waals surface area contributed by atoms with Gasteiger partial charge in [0.05, 0.1) is 12.2 Å². The molecule has 7 heteroatoms.